The summed E-state index contributed by atoms with van der Waals surface area (Å²) >= 11 is 0. The molecular weight excluding hydrogens is 298 g/mol. The molecule has 3 aliphatic rings. The minimum Gasteiger partial charge on any atom is -0.396 e. The normalized spacial score (nSPS) is 45.3. The summed E-state index contributed by atoms with van der Waals surface area (Å²) in [5.41, 5.74) is 6.93. The number of nitrogens with two attached hydrogens (primary N) is 1. The summed E-state index contributed by atoms with van der Waals surface area (Å²) in [6, 6.07) is 0. The predicted molar refractivity (Wildman–Crippen MR) is 101 cm³/mol. The molecular formula is C21H39NO2. The van der Waals surface area contributed by atoms with Gasteiger partial charge in [0.05, 0.1) is 6.10 Å². The van der Waals surface area contributed by atoms with Crippen molar-refractivity contribution in [3.8, 4) is 0 Å². The third-order valence-electron chi connectivity index (χ3n) is 7.74. The maximum Gasteiger partial charge on any atom is 0.0544 e. The molecule has 3 rings (SSSR count). The van der Waals surface area contributed by atoms with Crippen LogP contribution in [0.3, 0.4) is 0 Å². The maximum absolute atomic E-state index is 9.94. The number of rotatable bonds is 2. The van der Waals surface area contributed by atoms with Crippen LogP contribution in [0.2, 0.25) is 0 Å². The summed E-state index contributed by atoms with van der Waals surface area (Å²) in [4.78, 5) is 0. The molecule has 6 unspecified atom stereocenters. The fraction of sp³-hybridized carbons (Fsp3) is 0.905. The highest BCUT2D eigenvalue weighted by Crippen LogP contribution is 2.61. The summed E-state index contributed by atoms with van der Waals surface area (Å²) in [6.45, 7) is 12.0. The molecule has 0 aromatic carbocycles. The van der Waals surface area contributed by atoms with Crippen molar-refractivity contribution in [2.75, 3.05) is 13.2 Å². The van der Waals surface area contributed by atoms with Gasteiger partial charge in [0.2, 0.25) is 0 Å². The molecule has 0 spiro atoms. The van der Waals surface area contributed by atoms with Crippen molar-refractivity contribution < 1.29 is 10.2 Å². The minimum absolute atomic E-state index is 0.199. The first kappa shape index (κ1) is 19.9. The molecule has 0 radical (unpaired) electrons. The van der Waals surface area contributed by atoms with E-state index in [1.54, 1.807) is 0 Å². The third kappa shape index (κ3) is 3.59. The quantitative estimate of drug-likeness (QED) is 0.670. The summed E-state index contributed by atoms with van der Waals surface area (Å²) < 4.78 is 0. The van der Waals surface area contributed by atoms with Gasteiger partial charge < -0.3 is 15.9 Å². The van der Waals surface area contributed by atoms with Gasteiger partial charge in [0, 0.05) is 6.61 Å². The molecule has 3 saturated carbocycles. The number of aliphatic hydroxyl groups excluding tert-OH is 2. The van der Waals surface area contributed by atoms with Crippen molar-refractivity contribution in [3.63, 3.8) is 0 Å². The zero-order valence-electron chi connectivity index (χ0n) is 16.1. The van der Waals surface area contributed by atoms with Crippen LogP contribution in [0.25, 0.3) is 0 Å². The van der Waals surface area contributed by atoms with Gasteiger partial charge in [-0.25, -0.2) is 0 Å². The van der Waals surface area contributed by atoms with Gasteiger partial charge in [0.25, 0.3) is 0 Å². The number of aliphatic hydroxyl groups is 2. The zero-order valence-corrected chi connectivity index (χ0v) is 16.1. The Hall–Kier alpha value is -0.380. The van der Waals surface area contributed by atoms with E-state index in [0.717, 1.165) is 31.7 Å². The highest BCUT2D eigenvalue weighted by atomic mass is 16.3. The van der Waals surface area contributed by atoms with Crippen molar-refractivity contribution in [1.82, 2.24) is 0 Å². The lowest BCUT2D eigenvalue weighted by Crippen LogP contribution is -2.46. The Labute approximate surface area is 148 Å². The molecule has 24 heavy (non-hydrogen) atoms. The van der Waals surface area contributed by atoms with E-state index in [0.29, 0.717) is 11.3 Å². The number of fused-ring (bicyclic) bond motifs is 1. The molecule has 0 heterocycles. The molecule has 0 saturated heterocycles. The Morgan fingerprint density at radius 3 is 2.42 bits per heavy atom. The van der Waals surface area contributed by atoms with Crippen LogP contribution in [0.15, 0.2) is 12.2 Å². The van der Waals surface area contributed by atoms with E-state index in [2.05, 4.69) is 20.4 Å². The van der Waals surface area contributed by atoms with E-state index in [1.165, 1.54) is 37.7 Å². The standard InChI is InChI=1S/C19H32O2.C2H7N/c1-13-4-5-14-10-15(6-8-18(13,14)2)19(3)9-7-17(21)11-16(19)12-20;1-2-3/h14-17,20-21H,1,4-12H2,2-3H3;2-3H2,1H3. The Bertz CT molecular complexity index is 438. The highest BCUT2D eigenvalue weighted by Gasteiger charge is 2.51. The van der Waals surface area contributed by atoms with Crippen molar-refractivity contribution in [1.29, 1.82) is 0 Å². The van der Waals surface area contributed by atoms with Gasteiger partial charge in [-0.05, 0) is 86.5 Å². The van der Waals surface area contributed by atoms with E-state index >= 15 is 0 Å². The molecule has 3 fully saturated rings. The van der Waals surface area contributed by atoms with Crippen molar-refractivity contribution in [2.45, 2.75) is 78.2 Å². The summed E-state index contributed by atoms with van der Waals surface area (Å²) in [5, 5.41) is 19.8. The minimum atomic E-state index is -0.199. The van der Waals surface area contributed by atoms with Crippen LogP contribution in [0.1, 0.15) is 72.1 Å². The summed E-state index contributed by atoms with van der Waals surface area (Å²) in [7, 11) is 0. The van der Waals surface area contributed by atoms with Gasteiger partial charge in [0.15, 0.2) is 0 Å². The fourth-order valence-corrected chi connectivity index (χ4v) is 5.75. The first-order chi connectivity index (χ1) is 11.3. The van der Waals surface area contributed by atoms with Crippen molar-refractivity contribution in [2.24, 2.45) is 34.3 Å². The lowest BCUT2D eigenvalue weighted by Gasteiger charge is -2.52. The number of allylic oxidation sites excluding steroid dienone is 1. The second-order valence-electron chi connectivity index (χ2n) is 8.95. The Balaban J connectivity index is 0.000000647. The largest absolute Gasteiger partial charge is 0.396 e. The van der Waals surface area contributed by atoms with Crippen LogP contribution < -0.4 is 5.73 Å². The molecule has 0 aliphatic heterocycles. The van der Waals surface area contributed by atoms with E-state index in [9.17, 15) is 10.2 Å². The molecule has 3 aliphatic carbocycles. The smallest absolute Gasteiger partial charge is 0.0544 e. The molecule has 3 nitrogen and oxygen atoms in total. The van der Waals surface area contributed by atoms with Crippen LogP contribution >= 0.6 is 0 Å². The summed E-state index contributed by atoms with van der Waals surface area (Å²) in [6.07, 6.45) is 8.96. The maximum atomic E-state index is 9.94. The fourth-order valence-electron chi connectivity index (χ4n) is 5.75. The molecule has 0 aromatic heterocycles. The zero-order chi connectivity index (χ0) is 18.0. The molecule has 6 atom stereocenters. The van der Waals surface area contributed by atoms with Crippen LogP contribution in [0, 0.1) is 28.6 Å². The Morgan fingerprint density at radius 1 is 1.12 bits per heavy atom. The molecule has 4 N–H and O–H groups in total. The third-order valence-corrected chi connectivity index (χ3v) is 7.74. The van der Waals surface area contributed by atoms with Gasteiger partial charge in [-0.1, -0.05) is 32.9 Å². The Kier molecular flexibility index (Phi) is 6.55. The van der Waals surface area contributed by atoms with Crippen molar-refractivity contribution >= 4 is 0 Å². The van der Waals surface area contributed by atoms with E-state index < -0.39 is 0 Å². The topological polar surface area (TPSA) is 66.5 Å². The highest BCUT2D eigenvalue weighted by molar-refractivity contribution is 5.19. The second-order valence-corrected chi connectivity index (χ2v) is 8.95. The monoisotopic (exact) mass is 337 g/mol. The van der Waals surface area contributed by atoms with Crippen LogP contribution in [-0.2, 0) is 0 Å². The summed E-state index contributed by atoms with van der Waals surface area (Å²) in [5.74, 6) is 1.79. The first-order valence-electron chi connectivity index (χ1n) is 9.99. The van der Waals surface area contributed by atoms with Crippen LogP contribution in [0.4, 0.5) is 0 Å². The van der Waals surface area contributed by atoms with E-state index in [-0.39, 0.29) is 24.0 Å². The Morgan fingerprint density at radius 2 is 1.79 bits per heavy atom. The van der Waals surface area contributed by atoms with Crippen LogP contribution in [-0.4, -0.2) is 29.5 Å². The first-order valence-corrected chi connectivity index (χ1v) is 9.99. The molecule has 0 bridgehead atoms. The van der Waals surface area contributed by atoms with Crippen molar-refractivity contribution in [3.05, 3.63) is 12.2 Å². The molecule has 140 valence electrons. The average Bonchev–Trinajstić information content (AvgIpc) is 2.85. The van der Waals surface area contributed by atoms with Crippen LogP contribution in [0.5, 0.6) is 0 Å². The predicted octanol–water partition coefficient (Wildman–Crippen LogP) is 3.88. The lowest BCUT2D eigenvalue weighted by molar-refractivity contribution is -0.0661. The average molecular weight is 338 g/mol. The van der Waals surface area contributed by atoms with Gasteiger partial charge in [-0.3, -0.25) is 0 Å². The van der Waals surface area contributed by atoms with E-state index in [4.69, 9.17) is 5.73 Å². The number of hydrogen-bond donors (Lipinski definition) is 3. The van der Waals surface area contributed by atoms with Gasteiger partial charge in [-0.15, -0.1) is 0 Å². The number of hydrogen-bond acceptors (Lipinski definition) is 3. The lowest BCUT2D eigenvalue weighted by atomic mass is 9.53. The molecule has 0 aromatic rings. The van der Waals surface area contributed by atoms with Gasteiger partial charge in [-0.2, -0.15) is 0 Å². The molecule has 0 amide bonds. The van der Waals surface area contributed by atoms with E-state index in [1.807, 2.05) is 6.92 Å². The second kappa shape index (κ2) is 7.88. The van der Waals surface area contributed by atoms with Gasteiger partial charge in [0.1, 0.15) is 0 Å². The SMILES string of the molecule is C=C1CCC2CC(C3(C)CCC(O)CC3CO)CCC12C.CCN. The molecule has 3 heteroatoms. The van der Waals surface area contributed by atoms with Gasteiger partial charge >= 0.3 is 0 Å².